The Balaban J connectivity index is 0.000000190. The van der Waals surface area contributed by atoms with Crippen LogP contribution >= 0.6 is 0 Å². The molecule has 1 aliphatic rings. The minimum absolute atomic E-state index is 0.0644. The summed E-state index contributed by atoms with van der Waals surface area (Å²) in [5.74, 6) is 1.25. The molecule has 2 heterocycles. The molecule has 0 radical (unpaired) electrons. The Morgan fingerprint density at radius 3 is 2.30 bits per heavy atom. The topological polar surface area (TPSA) is 42.4 Å². The third-order valence-corrected chi connectivity index (χ3v) is 5.57. The van der Waals surface area contributed by atoms with E-state index in [0.717, 1.165) is 27.7 Å². The summed E-state index contributed by atoms with van der Waals surface area (Å²) in [6.07, 6.45) is 3.35. The number of nitrogens with zero attached hydrogens (tertiary/aromatic N) is 2. The Labute approximate surface area is 192 Å². The molecule has 4 nitrogen and oxygen atoms in total. The molecule has 0 spiro atoms. The number of hydrogen-bond donors (Lipinski definition) is 0. The molecule has 0 atom stereocenters. The van der Waals surface area contributed by atoms with Gasteiger partial charge < -0.3 is 9.64 Å². The molecule has 4 aromatic carbocycles. The second kappa shape index (κ2) is 8.97. The monoisotopic (exact) mass is 430 g/mol. The van der Waals surface area contributed by atoms with Crippen molar-refractivity contribution in [2.45, 2.75) is 0 Å². The van der Waals surface area contributed by atoms with Crippen LogP contribution in [0.5, 0.6) is 5.75 Å². The zero-order valence-electron chi connectivity index (χ0n) is 18.2. The van der Waals surface area contributed by atoms with Crippen LogP contribution in [-0.2, 0) is 0 Å². The minimum atomic E-state index is -0.0644. The van der Waals surface area contributed by atoms with Gasteiger partial charge >= 0.3 is 0 Å². The highest BCUT2D eigenvalue weighted by molar-refractivity contribution is 6.07. The summed E-state index contributed by atoms with van der Waals surface area (Å²) in [6.45, 7) is 0. The van der Waals surface area contributed by atoms with Crippen LogP contribution in [0, 0.1) is 0 Å². The first-order valence-corrected chi connectivity index (χ1v) is 10.7. The van der Waals surface area contributed by atoms with E-state index in [1.807, 2.05) is 109 Å². The van der Waals surface area contributed by atoms with Gasteiger partial charge in [-0.25, -0.2) is 0 Å². The third-order valence-electron chi connectivity index (χ3n) is 5.57. The van der Waals surface area contributed by atoms with Crippen LogP contribution in [0.4, 0.5) is 5.69 Å². The fourth-order valence-electron chi connectivity index (χ4n) is 3.80. The summed E-state index contributed by atoms with van der Waals surface area (Å²) in [4.78, 5) is 18.6. The zero-order chi connectivity index (χ0) is 22.6. The molecule has 5 aromatic rings. The highest BCUT2D eigenvalue weighted by atomic mass is 16.5. The average Bonchev–Trinajstić information content (AvgIpc) is 3.19. The summed E-state index contributed by atoms with van der Waals surface area (Å²) in [6, 6.07) is 33.6. The highest BCUT2D eigenvalue weighted by Gasteiger charge is 2.23. The number of anilines is 1. The number of ether oxygens (including phenoxy) is 1. The van der Waals surface area contributed by atoms with Crippen molar-refractivity contribution in [3.63, 3.8) is 0 Å². The number of ketones is 1. The number of aromatic nitrogens is 1. The van der Waals surface area contributed by atoms with Crippen molar-refractivity contribution in [1.82, 2.24) is 4.98 Å². The maximum atomic E-state index is 12.6. The fourth-order valence-corrected chi connectivity index (χ4v) is 3.80. The van der Waals surface area contributed by atoms with E-state index in [1.165, 1.54) is 5.39 Å². The van der Waals surface area contributed by atoms with E-state index in [2.05, 4.69) is 17.1 Å². The number of allylic oxidation sites excluding steroid dienone is 1. The maximum absolute atomic E-state index is 12.6. The van der Waals surface area contributed by atoms with Gasteiger partial charge in [0.25, 0.3) is 0 Å². The number of carbonyl (C=O) groups excluding carboxylic acids is 1. The summed E-state index contributed by atoms with van der Waals surface area (Å²) in [5, 5.41) is 3.38. The molecule has 0 N–H and O–H groups in total. The first-order valence-electron chi connectivity index (χ1n) is 10.7. The van der Waals surface area contributed by atoms with Crippen LogP contribution in [0.1, 0.15) is 10.4 Å². The molecule has 160 valence electrons. The van der Waals surface area contributed by atoms with Crippen LogP contribution in [0.3, 0.4) is 0 Å². The van der Waals surface area contributed by atoms with Gasteiger partial charge in [0.05, 0.1) is 11.2 Å². The van der Waals surface area contributed by atoms with Crippen molar-refractivity contribution in [1.29, 1.82) is 0 Å². The van der Waals surface area contributed by atoms with E-state index in [4.69, 9.17) is 4.74 Å². The van der Waals surface area contributed by atoms with Crippen LogP contribution in [-0.4, -0.2) is 17.8 Å². The molecule has 1 aliphatic heterocycles. The SMILES string of the molecule is CN1C(=CC(=O)c2ccc3ccccc3c2)Oc2ccccc21.c1ccc2ncccc2c1. The fraction of sp³-hybridized carbons (Fsp3) is 0.0345. The quantitative estimate of drug-likeness (QED) is 0.233. The van der Waals surface area contributed by atoms with Gasteiger partial charge in [0.15, 0.2) is 11.5 Å². The highest BCUT2D eigenvalue weighted by Crippen LogP contribution is 2.37. The number of hydrogen-bond acceptors (Lipinski definition) is 4. The predicted molar refractivity (Wildman–Crippen MR) is 134 cm³/mol. The Hall–Kier alpha value is -4.44. The number of carbonyl (C=O) groups is 1. The third kappa shape index (κ3) is 4.32. The van der Waals surface area contributed by atoms with Crippen molar-refractivity contribution in [3.05, 3.63) is 127 Å². The number of benzene rings is 4. The van der Waals surface area contributed by atoms with Gasteiger partial charge in [-0.3, -0.25) is 9.78 Å². The molecule has 0 unspecified atom stereocenters. The summed E-state index contributed by atoms with van der Waals surface area (Å²) in [5.41, 5.74) is 2.68. The van der Waals surface area contributed by atoms with Crippen molar-refractivity contribution in [2.75, 3.05) is 11.9 Å². The summed E-state index contributed by atoms with van der Waals surface area (Å²) in [7, 11) is 1.89. The lowest BCUT2D eigenvalue weighted by molar-refractivity contribution is 0.104. The van der Waals surface area contributed by atoms with Crippen molar-refractivity contribution in [2.24, 2.45) is 0 Å². The molecule has 0 aliphatic carbocycles. The van der Waals surface area contributed by atoms with E-state index in [9.17, 15) is 4.79 Å². The summed E-state index contributed by atoms with van der Waals surface area (Å²) < 4.78 is 5.77. The van der Waals surface area contributed by atoms with Gasteiger partial charge in [0, 0.05) is 30.3 Å². The van der Waals surface area contributed by atoms with Gasteiger partial charge in [-0.15, -0.1) is 0 Å². The molecule has 0 saturated carbocycles. The Kier molecular flexibility index (Phi) is 5.56. The average molecular weight is 431 g/mol. The maximum Gasteiger partial charge on any atom is 0.204 e. The van der Waals surface area contributed by atoms with Crippen molar-refractivity contribution < 1.29 is 9.53 Å². The van der Waals surface area contributed by atoms with Crippen LogP contribution < -0.4 is 9.64 Å². The molecule has 0 saturated heterocycles. The molecule has 0 fully saturated rings. The smallest absolute Gasteiger partial charge is 0.204 e. The van der Waals surface area contributed by atoms with E-state index in [1.54, 1.807) is 6.08 Å². The predicted octanol–water partition coefficient (Wildman–Crippen LogP) is 6.63. The second-order valence-corrected chi connectivity index (χ2v) is 7.73. The molecular weight excluding hydrogens is 408 g/mol. The molecule has 33 heavy (non-hydrogen) atoms. The minimum Gasteiger partial charge on any atom is -0.438 e. The first-order chi connectivity index (χ1) is 16.2. The van der Waals surface area contributed by atoms with Gasteiger partial charge in [-0.05, 0) is 41.1 Å². The van der Waals surface area contributed by atoms with Gasteiger partial charge in [-0.2, -0.15) is 0 Å². The van der Waals surface area contributed by atoms with E-state index in [0.29, 0.717) is 11.4 Å². The molecule has 0 amide bonds. The molecule has 0 bridgehead atoms. The van der Waals surface area contributed by atoms with Crippen molar-refractivity contribution >= 4 is 33.1 Å². The van der Waals surface area contributed by atoms with Crippen LogP contribution in [0.25, 0.3) is 21.7 Å². The first kappa shape index (κ1) is 20.5. The summed E-state index contributed by atoms with van der Waals surface area (Å²) >= 11 is 0. The van der Waals surface area contributed by atoms with Crippen LogP contribution in [0.2, 0.25) is 0 Å². The lowest BCUT2D eigenvalue weighted by Crippen LogP contribution is -2.15. The number of fused-ring (bicyclic) bond motifs is 3. The van der Waals surface area contributed by atoms with Crippen molar-refractivity contribution in [3.8, 4) is 5.75 Å². The largest absolute Gasteiger partial charge is 0.438 e. The zero-order valence-corrected chi connectivity index (χ0v) is 18.2. The number of rotatable bonds is 2. The number of para-hydroxylation sites is 3. The van der Waals surface area contributed by atoms with Crippen LogP contribution in [0.15, 0.2) is 121 Å². The van der Waals surface area contributed by atoms with Gasteiger partial charge in [0.1, 0.15) is 0 Å². The van der Waals surface area contributed by atoms with Gasteiger partial charge in [-0.1, -0.05) is 72.8 Å². The Bertz CT molecular complexity index is 1420. The lowest BCUT2D eigenvalue weighted by Gasteiger charge is -2.10. The molecule has 1 aromatic heterocycles. The second-order valence-electron chi connectivity index (χ2n) is 7.73. The molecule has 4 heteroatoms. The lowest BCUT2D eigenvalue weighted by atomic mass is 10.0. The normalized spacial score (nSPS) is 13.4. The molecule has 6 rings (SSSR count). The number of pyridine rings is 1. The molecular formula is C29H22N2O2. The van der Waals surface area contributed by atoms with E-state index >= 15 is 0 Å². The Morgan fingerprint density at radius 1 is 0.788 bits per heavy atom. The standard InChI is InChI=1S/C20H15NO2.C9H7N/c1-21-17-8-4-5-9-19(17)23-20(21)13-18(22)16-11-10-14-6-2-3-7-15(14)12-16;1-2-6-9-8(4-1)5-3-7-10-9/h2-13H,1H3;1-7H. The van der Waals surface area contributed by atoms with E-state index in [-0.39, 0.29) is 5.78 Å². The Morgan fingerprint density at radius 2 is 1.48 bits per heavy atom. The van der Waals surface area contributed by atoms with Gasteiger partial charge in [0.2, 0.25) is 5.88 Å². The van der Waals surface area contributed by atoms with E-state index < -0.39 is 0 Å².